The van der Waals surface area contributed by atoms with Gasteiger partial charge in [-0.3, -0.25) is 9.98 Å². The van der Waals surface area contributed by atoms with Crippen LogP contribution in [0.1, 0.15) is 51.0 Å². The Morgan fingerprint density at radius 3 is 2.32 bits per heavy atom. The van der Waals surface area contributed by atoms with Crippen molar-refractivity contribution in [2.45, 2.75) is 39.5 Å². The number of guanidine groups is 1. The number of pyridine rings is 1. The summed E-state index contributed by atoms with van der Waals surface area (Å²) in [5.41, 5.74) is 2.78. The fraction of sp³-hybridized carbons (Fsp3) is 0.333. The molecule has 0 unspecified atom stereocenters. The Hall–Kier alpha value is -3.59. The number of anilines is 2. The third-order valence-electron chi connectivity index (χ3n) is 6.35. The van der Waals surface area contributed by atoms with Crippen molar-refractivity contribution in [2.75, 3.05) is 37.4 Å². The zero-order valence-electron chi connectivity index (χ0n) is 25.5. The molecule has 0 radical (unpaired) electrons. The van der Waals surface area contributed by atoms with Gasteiger partial charge in [0.2, 0.25) is 0 Å². The van der Waals surface area contributed by atoms with Gasteiger partial charge in [0.1, 0.15) is 11.6 Å². The maximum Gasteiger partial charge on any atom is 0.195 e. The van der Waals surface area contributed by atoms with E-state index in [1.165, 1.54) is 0 Å². The summed E-state index contributed by atoms with van der Waals surface area (Å²) in [6.07, 6.45) is 9.98. The maximum absolute atomic E-state index is 5.45. The van der Waals surface area contributed by atoms with Crippen LogP contribution < -0.4 is 20.7 Å². The van der Waals surface area contributed by atoms with E-state index in [2.05, 4.69) is 46.9 Å². The van der Waals surface area contributed by atoms with Gasteiger partial charge in [-0.25, -0.2) is 9.97 Å². The highest BCUT2D eigenvalue weighted by atomic mass is 35.5. The molecule has 3 N–H and O–H groups in total. The molecule has 2 aromatic heterocycles. The second-order valence-electron chi connectivity index (χ2n) is 10.2. The van der Waals surface area contributed by atoms with Crippen LogP contribution in [0, 0.1) is 5.92 Å². The Bertz CT molecular complexity index is 1420. The molecular weight excluding hydrogens is 617 g/mol. The highest BCUT2D eigenvalue weighted by Crippen LogP contribution is 2.26. The van der Waals surface area contributed by atoms with E-state index in [9.17, 15) is 0 Å². The molecule has 4 aromatic rings. The molecule has 0 aliphatic rings. The number of para-hydroxylation sites is 1. The first-order valence-corrected chi connectivity index (χ1v) is 14.4. The van der Waals surface area contributed by atoms with E-state index in [1.54, 1.807) is 13.3 Å². The SMILES string of the molecule is COc1ccc2nc(C=Cc3ccccn3)nc(NCCCCCCNC(=NCC(C)C)Nc3ccccc3)c2c1.Cl.Cl.Cl. The summed E-state index contributed by atoms with van der Waals surface area (Å²) in [5, 5.41) is 11.4. The van der Waals surface area contributed by atoms with E-state index < -0.39 is 0 Å². The second-order valence-corrected chi connectivity index (χ2v) is 10.2. The summed E-state index contributed by atoms with van der Waals surface area (Å²) >= 11 is 0. The van der Waals surface area contributed by atoms with Gasteiger partial charge in [-0.1, -0.05) is 51.0 Å². The number of nitrogens with zero attached hydrogens (tertiary/aromatic N) is 4. The van der Waals surface area contributed by atoms with Gasteiger partial charge in [0.15, 0.2) is 11.8 Å². The van der Waals surface area contributed by atoms with Crippen LogP contribution in [0.2, 0.25) is 0 Å². The number of aliphatic imine (C=N–C) groups is 1. The molecule has 2 heterocycles. The van der Waals surface area contributed by atoms with Crippen molar-refractivity contribution in [3.63, 3.8) is 0 Å². The molecule has 2 aromatic carbocycles. The second kappa shape index (κ2) is 21.2. The Balaban J connectivity index is 0.00000323. The number of aromatic nitrogens is 3. The lowest BCUT2D eigenvalue weighted by atomic mass is 10.2. The first-order chi connectivity index (χ1) is 20.1. The predicted octanol–water partition coefficient (Wildman–Crippen LogP) is 8.16. The Morgan fingerprint density at radius 2 is 1.61 bits per heavy atom. The standard InChI is InChI=1S/C33H41N7O.3ClH/c1-25(2)24-37-33(38-27-14-7-6-8-15-27)36-22-11-5-4-10-21-35-32-29-23-28(41-3)17-18-30(29)39-31(40-32)19-16-26-13-9-12-20-34-26;;;/h6-9,12-20,23,25H,4-5,10-11,21-22,24H2,1-3H3,(H,35,39,40)(H2,36,37,38);3*1H. The Kier molecular flexibility index (Phi) is 18.5. The lowest BCUT2D eigenvalue weighted by Gasteiger charge is -2.13. The number of hydrogen-bond acceptors (Lipinski definition) is 6. The van der Waals surface area contributed by atoms with Crippen molar-refractivity contribution in [1.82, 2.24) is 20.3 Å². The molecule has 0 aliphatic heterocycles. The van der Waals surface area contributed by atoms with Crippen molar-refractivity contribution in [2.24, 2.45) is 10.9 Å². The van der Waals surface area contributed by atoms with E-state index in [-0.39, 0.29) is 37.2 Å². The molecule has 0 saturated carbocycles. The van der Waals surface area contributed by atoms with Crippen molar-refractivity contribution in [3.8, 4) is 5.75 Å². The summed E-state index contributed by atoms with van der Waals surface area (Å²) < 4.78 is 5.45. The lowest BCUT2D eigenvalue weighted by Crippen LogP contribution is -2.32. The molecule has 0 fully saturated rings. The third-order valence-corrected chi connectivity index (χ3v) is 6.35. The van der Waals surface area contributed by atoms with Crippen molar-refractivity contribution in [1.29, 1.82) is 0 Å². The largest absolute Gasteiger partial charge is 0.497 e. The maximum atomic E-state index is 5.45. The Morgan fingerprint density at radius 1 is 0.864 bits per heavy atom. The number of hydrogen-bond donors (Lipinski definition) is 3. The summed E-state index contributed by atoms with van der Waals surface area (Å²) in [5.74, 6) is 3.59. The first-order valence-electron chi connectivity index (χ1n) is 14.4. The van der Waals surface area contributed by atoms with Crippen LogP contribution in [0.3, 0.4) is 0 Å². The predicted molar refractivity (Wildman–Crippen MR) is 193 cm³/mol. The van der Waals surface area contributed by atoms with E-state index in [0.29, 0.717) is 11.7 Å². The summed E-state index contributed by atoms with van der Waals surface area (Å²) in [6, 6.07) is 21.9. The number of methoxy groups -OCH3 is 1. The van der Waals surface area contributed by atoms with Gasteiger partial charge in [0.05, 0.1) is 18.3 Å². The van der Waals surface area contributed by atoms with Gasteiger partial charge in [-0.15, -0.1) is 37.2 Å². The fourth-order valence-electron chi connectivity index (χ4n) is 4.19. The minimum atomic E-state index is 0. The average Bonchev–Trinajstić information content (AvgIpc) is 3.00. The number of rotatable bonds is 14. The van der Waals surface area contributed by atoms with Crippen LogP contribution in [0.25, 0.3) is 23.1 Å². The molecular formula is C33H44Cl3N7O. The Labute approximate surface area is 279 Å². The van der Waals surface area contributed by atoms with Crippen molar-refractivity contribution in [3.05, 3.63) is 84.4 Å². The van der Waals surface area contributed by atoms with E-state index in [0.717, 1.165) is 85.1 Å². The molecule has 0 saturated heterocycles. The number of ether oxygens (including phenoxy) is 1. The quantitative estimate of drug-likeness (QED) is 0.0714. The molecule has 0 amide bonds. The van der Waals surface area contributed by atoms with Gasteiger partial charge in [0.25, 0.3) is 0 Å². The first kappa shape index (κ1) is 38.4. The van der Waals surface area contributed by atoms with Crippen LogP contribution in [-0.4, -0.2) is 47.7 Å². The van der Waals surface area contributed by atoms with Crippen molar-refractivity contribution >= 4 is 77.7 Å². The summed E-state index contributed by atoms with van der Waals surface area (Å²) in [7, 11) is 1.67. The van der Waals surface area contributed by atoms with E-state index in [1.807, 2.05) is 66.7 Å². The molecule has 0 spiro atoms. The number of unbranched alkanes of at least 4 members (excludes halogenated alkanes) is 3. The fourth-order valence-corrected chi connectivity index (χ4v) is 4.19. The minimum absolute atomic E-state index is 0. The summed E-state index contributed by atoms with van der Waals surface area (Å²) in [6.45, 7) is 6.86. The lowest BCUT2D eigenvalue weighted by molar-refractivity contribution is 0.415. The van der Waals surface area contributed by atoms with E-state index >= 15 is 0 Å². The summed E-state index contributed by atoms with van der Waals surface area (Å²) in [4.78, 5) is 18.6. The smallest absolute Gasteiger partial charge is 0.195 e. The topological polar surface area (TPSA) is 96.4 Å². The normalized spacial score (nSPS) is 11.0. The van der Waals surface area contributed by atoms with Crippen LogP contribution in [0.4, 0.5) is 11.5 Å². The highest BCUT2D eigenvalue weighted by molar-refractivity contribution is 5.93. The molecule has 238 valence electrons. The zero-order valence-corrected chi connectivity index (χ0v) is 28.0. The van der Waals surface area contributed by atoms with Gasteiger partial charge in [-0.2, -0.15) is 0 Å². The van der Waals surface area contributed by atoms with Gasteiger partial charge in [-0.05, 0) is 73.4 Å². The highest BCUT2D eigenvalue weighted by Gasteiger charge is 2.08. The average molecular weight is 661 g/mol. The van der Waals surface area contributed by atoms with Gasteiger partial charge in [0, 0.05) is 36.9 Å². The minimum Gasteiger partial charge on any atom is -0.497 e. The number of nitrogens with one attached hydrogen (secondary N) is 3. The number of halogens is 3. The molecule has 4 rings (SSSR count). The molecule has 0 bridgehead atoms. The third kappa shape index (κ3) is 13.0. The molecule has 44 heavy (non-hydrogen) atoms. The van der Waals surface area contributed by atoms with Crippen LogP contribution in [0.5, 0.6) is 5.75 Å². The molecule has 0 aliphatic carbocycles. The molecule has 0 atom stereocenters. The van der Waals surface area contributed by atoms with E-state index in [4.69, 9.17) is 19.7 Å². The van der Waals surface area contributed by atoms with Crippen molar-refractivity contribution < 1.29 is 4.74 Å². The van der Waals surface area contributed by atoms with Crippen LogP contribution >= 0.6 is 37.2 Å². The van der Waals surface area contributed by atoms with Crippen LogP contribution in [-0.2, 0) is 0 Å². The zero-order chi connectivity index (χ0) is 28.7. The monoisotopic (exact) mass is 659 g/mol. The number of fused-ring (bicyclic) bond motifs is 1. The van der Waals surface area contributed by atoms with Gasteiger partial charge < -0.3 is 20.7 Å². The number of benzene rings is 2. The molecule has 11 heteroatoms. The van der Waals surface area contributed by atoms with Gasteiger partial charge >= 0.3 is 0 Å². The molecule has 8 nitrogen and oxygen atoms in total. The van der Waals surface area contributed by atoms with Crippen LogP contribution in [0.15, 0.2) is 77.9 Å².